The van der Waals surface area contributed by atoms with Gasteiger partial charge in [-0.15, -0.1) is 0 Å². The molecule has 1 aromatic rings. The molecule has 0 saturated carbocycles. The minimum atomic E-state index is 0.0900. The molecule has 0 radical (unpaired) electrons. The standard InChI is InChI=1S/C17H28N2O/c1-12-9-13(15-11-19(5)8-7-18-15)16(20-6)14(10-12)17(2,3)4/h9-10,15,18H,7-8,11H2,1-6H3. The highest BCUT2D eigenvalue weighted by molar-refractivity contribution is 5.49. The zero-order valence-corrected chi connectivity index (χ0v) is 13.7. The van der Waals surface area contributed by atoms with Crippen molar-refractivity contribution in [3.63, 3.8) is 0 Å². The highest BCUT2D eigenvalue weighted by atomic mass is 16.5. The summed E-state index contributed by atoms with van der Waals surface area (Å²) in [6.07, 6.45) is 0. The molecule has 2 rings (SSSR count). The van der Waals surface area contributed by atoms with Crippen molar-refractivity contribution in [3.8, 4) is 5.75 Å². The molecule has 3 nitrogen and oxygen atoms in total. The maximum Gasteiger partial charge on any atom is 0.127 e. The lowest BCUT2D eigenvalue weighted by Crippen LogP contribution is -2.43. The Kier molecular flexibility index (Phi) is 4.40. The van der Waals surface area contributed by atoms with E-state index in [-0.39, 0.29) is 5.41 Å². The van der Waals surface area contributed by atoms with Gasteiger partial charge in [0.25, 0.3) is 0 Å². The van der Waals surface area contributed by atoms with Gasteiger partial charge in [0.05, 0.1) is 7.11 Å². The number of aryl methyl sites for hydroxylation is 1. The number of rotatable bonds is 2. The fourth-order valence-electron chi connectivity index (χ4n) is 2.95. The molecule has 1 fully saturated rings. The van der Waals surface area contributed by atoms with Crippen LogP contribution in [0.5, 0.6) is 5.75 Å². The Labute approximate surface area is 123 Å². The quantitative estimate of drug-likeness (QED) is 0.899. The zero-order chi connectivity index (χ0) is 14.9. The van der Waals surface area contributed by atoms with Crippen LogP contribution in [0, 0.1) is 6.92 Å². The number of hydrogen-bond acceptors (Lipinski definition) is 3. The van der Waals surface area contributed by atoms with Crippen LogP contribution in [0.2, 0.25) is 0 Å². The third kappa shape index (κ3) is 3.15. The zero-order valence-electron chi connectivity index (χ0n) is 13.7. The summed E-state index contributed by atoms with van der Waals surface area (Å²) in [5, 5.41) is 3.62. The van der Waals surface area contributed by atoms with E-state index in [4.69, 9.17) is 4.74 Å². The van der Waals surface area contributed by atoms with E-state index in [1.807, 2.05) is 0 Å². The Balaban J connectivity index is 2.49. The number of ether oxygens (including phenoxy) is 1. The molecule has 0 spiro atoms. The van der Waals surface area contributed by atoms with E-state index in [2.05, 4.69) is 57.1 Å². The van der Waals surface area contributed by atoms with Crippen molar-refractivity contribution in [2.45, 2.75) is 39.2 Å². The average Bonchev–Trinajstić information content (AvgIpc) is 2.36. The lowest BCUT2D eigenvalue weighted by Gasteiger charge is -2.34. The molecule has 0 bridgehead atoms. The second-order valence-corrected chi connectivity index (χ2v) is 6.95. The van der Waals surface area contributed by atoms with E-state index in [9.17, 15) is 0 Å². The van der Waals surface area contributed by atoms with Gasteiger partial charge in [-0.25, -0.2) is 0 Å². The Bertz CT molecular complexity index is 477. The summed E-state index contributed by atoms with van der Waals surface area (Å²) < 4.78 is 5.79. The molecule has 1 aliphatic heterocycles. The van der Waals surface area contributed by atoms with Crippen LogP contribution in [-0.4, -0.2) is 38.7 Å². The summed E-state index contributed by atoms with van der Waals surface area (Å²) >= 11 is 0. The maximum absolute atomic E-state index is 5.79. The average molecular weight is 276 g/mol. The fourth-order valence-corrected chi connectivity index (χ4v) is 2.95. The third-order valence-corrected chi connectivity index (χ3v) is 4.03. The Hall–Kier alpha value is -1.06. The van der Waals surface area contributed by atoms with Crippen molar-refractivity contribution in [2.24, 2.45) is 0 Å². The van der Waals surface area contributed by atoms with Crippen LogP contribution in [0.25, 0.3) is 0 Å². The summed E-state index contributed by atoms with van der Waals surface area (Å²) in [7, 11) is 3.97. The summed E-state index contributed by atoms with van der Waals surface area (Å²) in [5.41, 5.74) is 3.99. The monoisotopic (exact) mass is 276 g/mol. The van der Waals surface area contributed by atoms with Crippen LogP contribution in [0.15, 0.2) is 12.1 Å². The number of hydrogen-bond donors (Lipinski definition) is 1. The molecule has 112 valence electrons. The third-order valence-electron chi connectivity index (χ3n) is 4.03. The van der Waals surface area contributed by atoms with Crippen molar-refractivity contribution in [1.82, 2.24) is 10.2 Å². The van der Waals surface area contributed by atoms with Crippen LogP contribution in [0.3, 0.4) is 0 Å². The number of methoxy groups -OCH3 is 1. The first-order chi connectivity index (χ1) is 9.32. The van der Waals surface area contributed by atoms with Crippen molar-refractivity contribution in [1.29, 1.82) is 0 Å². The van der Waals surface area contributed by atoms with Crippen LogP contribution < -0.4 is 10.1 Å². The van der Waals surface area contributed by atoms with Gasteiger partial charge >= 0.3 is 0 Å². The van der Waals surface area contributed by atoms with E-state index in [1.54, 1.807) is 7.11 Å². The largest absolute Gasteiger partial charge is 0.496 e. The normalized spacial score (nSPS) is 21.0. The van der Waals surface area contributed by atoms with E-state index >= 15 is 0 Å². The summed E-state index contributed by atoms with van der Waals surface area (Å²) in [6, 6.07) is 4.88. The van der Waals surface area contributed by atoms with Gasteiger partial charge in [0.1, 0.15) is 5.75 Å². The highest BCUT2D eigenvalue weighted by Crippen LogP contribution is 2.38. The van der Waals surface area contributed by atoms with E-state index in [0.29, 0.717) is 6.04 Å². The van der Waals surface area contributed by atoms with Crippen LogP contribution in [-0.2, 0) is 5.41 Å². The molecule has 1 unspecified atom stereocenters. The number of likely N-dealkylation sites (N-methyl/N-ethyl adjacent to an activating group) is 1. The van der Waals surface area contributed by atoms with Crippen LogP contribution in [0.1, 0.15) is 43.5 Å². The summed E-state index contributed by atoms with van der Waals surface area (Å²) in [4.78, 5) is 2.37. The molecule has 1 heterocycles. The molecule has 1 aliphatic rings. The van der Waals surface area contributed by atoms with E-state index < -0.39 is 0 Å². The van der Waals surface area contributed by atoms with Gasteiger partial charge in [0, 0.05) is 36.8 Å². The van der Waals surface area contributed by atoms with Gasteiger partial charge < -0.3 is 15.0 Å². The second kappa shape index (κ2) is 5.74. The molecular formula is C17H28N2O. The topological polar surface area (TPSA) is 24.5 Å². The summed E-state index contributed by atoms with van der Waals surface area (Å²) in [5.74, 6) is 1.05. The SMILES string of the molecule is COc1c(C2CN(C)CCN2)cc(C)cc1C(C)(C)C. The lowest BCUT2D eigenvalue weighted by atomic mass is 9.83. The number of piperazine rings is 1. The van der Waals surface area contributed by atoms with Crippen LogP contribution in [0.4, 0.5) is 0 Å². The maximum atomic E-state index is 5.79. The first kappa shape index (κ1) is 15.3. The van der Waals surface area contributed by atoms with Crippen molar-refractivity contribution in [2.75, 3.05) is 33.8 Å². The summed E-state index contributed by atoms with van der Waals surface area (Å²) in [6.45, 7) is 12.1. The van der Waals surface area contributed by atoms with Gasteiger partial charge in [-0.2, -0.15) is 0 Å². The molecule has 0 amide bonds. The Morgan fingerprint density at radius 1 is 1.30 bits per heavy atom. The second-order valence-electron chi connectivity index (χ2n) is 6.95. The van der Waals surface area contributed by atoms with E-state index in [1.165, 1.54) is 16.7 Å². The van der Waals surface area contributed by atoms with Crippen molar-refractivity contribution >= 4 is 0 Å². The Morgan fingerprint density at radius 3 is 2.55 bits per heavy atom. The van der Waals surface area contributed by atoms with Gasteiger partial charge in [0.15, 0.2) is 0 Å². The van der Waals surface area contributed by atoms with Gasteiger partial charge in [-0.3, -0.25) is 0 Å². The molecule has 1 N–H and O–H groups in total. The number of nitrogens with zero attached hydrogens (tertiary/aromatic N) is 1. The first-order valence-electron chi connectivity index (χ1n) is 7.44. The highest BCUT2D eigenvalue weighted by Gasteiger charge is 2.27. The smallest absolute Gasteiger partial charge is 0.127 e. The van der Waals surface area contributed by atoms with Gasteiger partial charge in [0.2, 0.25) is 0 Å². The van der Waals surface area contributed by atoms with E-state index in [0.717, 1.165) is 25.4 Å². The molecular weight excluding hydrogens is 248 g/mol. The minimum absolute atomic E-state index is 0.0900. The number of benzene rings is 1. The minimum Gasteiger partial charge on any atom is -0.496 e. The predicted molar refractivity (Wildman–Crippen MR) is 84.7 cm³/mol. The molecule has 3 heteroatoms. The molecule has 20 heavy (non-hydrogen) atoms. The molecule has 1 saturated heterocycles. The predicted octanol–water partition coefficient (Wildman–Crippen LogP) is 2.88. The van der Waals surface area contributed by atoms with Crippen molar-refractivity contribution < 1.29 is 4.74 Å². The molecule has 0 aliphatic carbocycles. The first-order valence-corrected chi connectivity index (χ1v) is 7.44. The number of nitrogens with one attached hydrogen (secondary N) is 1. The fraction of sp³-hybridized carbons (Fsp3) is 0.647. The van der Waals surface area contributed by atoms with Crippen molar-refractivity contribution in [3.05, 3.63) is 28.8 Å². The van der Waals surface area contributed by atoms with Crippen LogP contribution >= 0.6 is 0 Å². The molecule has 1 atom stereocenters. The Morgan fingerprint density at radius 2 is 2.00 bits per heavy atom. The molecule has 1 aromatic carbocycles. The van der Waals surface area contributed by atoms with Gasteiger partial charge in [-0.05, 0) is 19.4 Å². The molecule has 0 aromatic heterocycles. The lowest BCUT2D eigenvalue weighted by molar-refractivity contribution is 0.237. The van der Waals surface area contributed by atoms with Gasteiger partial charge in [-0.1, -0.05) is 38.5 Å².